The summed E-state index contributed by atoms with van der Waals surface area (Å²) in [5.74, 6) is -1.46. The minimum absolute atomic E-state index is 0.0171. The minimum atomic E-state index is -0.789. The molecule has 17 heavy (non-hydrogen) atoms. The lowest BCUT2D eigenvalue weighted by Gasteiger charge is -2.13. The van der Waals surface area contributed by atoms with Gasteiger partial charge in [0.2, 0.25) is 0 Å². The summed E-state index contributed by atoms with van der Waals surface area (Å²) in [4.78, 5) is 11.5. The molecule has 2 amide bonds. The predicted octanol–water partition coefficient (Wildman–Crippen LogP) is 3.27. The Hall–Kier alpha value is -1.65. The molecule has 0 aromatic heterocycles. The quantitative estimate of drug-likeness (QED) is 0.835. The van der Waals surface area contributed by atoms with Crippen LogP contribution in [0.3, 0.4) is 0 Å². The van der Waals surface area contributed by atoms with Crippen molar-refractivity contribution in [1.82, 2.24) is 5.32 Å². The first-order valence-electron chi connectivity index (χ1n) is 5.55. The molecule has 0 heterocycles. The van der Waals surface area contributed by atoms with Gasteiger partial charge >= 0.3 is 6.03 Å². The number of carbonyl (C=O) groups is 1. The summed E-state index contributed by atoms with van der Waals surface area (Å²) in [7, 11) is 0. The van der Waals surface area contributed by atoms with Crippen LogP contribution in [0.15, 0.2) is 18.2 Å². The maximum absolute atomic E-state index is 13.2. The first-order valence-corrected chi connectivity index (χ1v) is 5.55. The van der Waals surface area contributed by atoms with Gasteiger partial charge in [-0.1, -0.05) is 13.3 Å². The number of halogens is 2. The van der Waals surface area contributed by atoms with E-state index in [1.165, 1.54) is 6.07 Å². The van der Waals surface area contributed by atoms with Crippen molar-refractivity contribution in [2.75, 3.05) is 5.32 Å². The Kier molecular flexibility index (Phi) is 4.87. The molecule has 0 saturated carbocycles. The van der Waals surface area contributed by atoms with Crippen molar-refractivity contribution in [3.8, 4) is 0 Å². The summed E-state index contributed by atoms with van der Waals surface area (Å²) in [6, 6.07) is 2.54. The third kappa shape index (κ3) is 4.38. The predicted molar refractivity (Wildman–Crippen MR) is 62.9 cm³/mol. The fraction of sp³-hybridized carbons (Fsp3) is 0.417. The largest absolute Gasteiger partial charge is 0.335 e. The number of hydrogen-bond acceptors (Lipinski definition) is 1. The van der Waals surface area contributed by atoms with E-state index in [1.807, 2.05) is 13.8 Å². The maximum Gasteiger partial charge on any atom is 0.319 e. The Morgan fingerprint density at radius 1 is 1.41 bits per heavy atom. The van der Waals surface area contributed by atoms with Crippen LogP contribution < -0.4 is 10.6 Å². The van der Waals surface area contributed by atoms with Crippen LogP contribution in [-0.4, -0.2) is 12.1 Å². The molecule has 0 fully saturated rings. The Morgan fingerprint density at radius 2 is 2.12 bits per heavy atom. The van der Waals surface area contributed by atoms with Crippen molar-refractivity contribution in [2.24, 2.45) is 0 Å². The second-order valence-corrected chi connectivity index (χ2v) is 3.91. The van der Waals surface area contributed by atoms with Crippen LogP contribution in [0.1, 0.15) is 26.7 Å². The molecule has 0 spiro atoms. The molecule has 1 unspecified atom stereocenters. The van der Waals surface area contributed by atoms with E-state index >= 15 is 0 Å². The van der Waals surface area contributed by atoms with Gasteiger partial charge in [0.1, 0.15) is 11.6 Å². The van der Waals surface area contributed by atoms with Crippen molar-refractivity contribution in [1.29, 1.82) is 0 Å². The number of amides is 2. The van der Waals surface area contributed by atoms with Crippen LogP contribution in [0, 0.1) is 11.6 Å². The minimum Gasteiger partial charge on any atom is -0.335 e. The zero-order valence-corrected chi connectivity index (χ0v) is 9.89. The van der Waals surface area contributed by atoms with Gasteiger partial charge in [0.15, 0.2) is 0 Å². The van der Waals surface area contributed by atoms with E-state index in [1.54, 1.807) is 0 Å². The zero-order chi connectivity index (χ0) is 12.8. The van der Waals surface area contributed by atoms with Crippen molar-refractivity contribution in [2.45, 2.75) is 32.7 Å². The van der Waals surface area contributed by atoms with Crippen molar-refractivity contribution in [3.05, 3.63) is 29.8 Å². The van der Waals surface area contributed by atoms with Crippen molar-refractivity contribution in [3.63, 3.8) is 0 Å². The van der Waals surface area contributed by atoms with Gasteiger partial charge in [-0.05, 0) is 25.5 Å². The molecule has 0 bridgehead atoms. The molecule has 0 aliphatic heterocycles. The SMILES string of the molecule is CCCC(C)NC(=O)Nc1ccc(F)cc1F. The summed E-state index contributed by atoms with van der Waals surface area (Å²) >= 11 is 0. The highest BCUT2D eigenvalue weighted by atomic mass is 19.1. The normalized spacial score (nSPS) is 12.0. The molecule has 0 radical (unpaired) electrons. The van der Waals surface area contributed by atoms with Gasteiger partial charge in [-0.15, -0.1) is 0 Å². The molecule has 1 rings (SSSR count). The van der Waals surface area contributed by atoms with E-state index in [4.69, 9.17) is 0 Å². The van der Waals surface area contributed by atoms with Crippen LogP contribution in [-0.2, 0) is 0 Å². The van der Waals surface area contributed by atoms with Gasteiger partial charge < -0.3 is 10.6 Å². The summed E-state index contributed by atoms with van der Waals surface area (Å²) in [6.07, 6.45) is 1.80. The highest BCUT2D eigenvalue weighted by Crippen LogP contribution is 2.14. The van der Waals surface area contributed by atoms with Gasteiger partial charge in [-0.3, -0.25) is 0 Å². The van der Waals surface area contributed by atoms with Crippen LogP contribution in [0.5, 0.6) is 0 Å². The fourth-order valence-corrected chi connectivity index (χ4v) is 1.48. The molecule has 2 N–H and O–H groups in total. The summed E-state index contributed by atoms with van der Waals surface area (Å²) < 4.78 is 25.8. The Labute approximate surface area is 99.2 Å². The second kappa shape index (κ2) is 6.18. The molecule has 0 aliphatic carbocycles. The average Bonchev–Trinajstić information content (AvgIpc) is 2.22. The number of anilines is 1. The van der Waals surface area contributed by atoms with E-state index in [9.17, 15) is 13.6 Å². The number of carbonyl (C=O) groups excluding carboxylic acids is 1. The Morgan fingerprint density at radius 3 is 2.71 bits per heavy atom. The molecule has 5 heteroatoms. The molecule has 1 aromatic carbocycles. The molecule has 1 aromatic rings. The smallest absolute Gasteiger partial charge is 0.319 e. The number of benzene rings is 1. The van der Waals surface area contributed by atoms with Crippen LogP contribution >= 0.6 is 0 Å². The lowest BCUT2D eigenvalue weighted by atomic mass is 10.2. The third-order valence-electron chi connectivity index (χ3n) is 2.28. The molecular weight excluding hydrogens is 226 g/mol. The van der Waals surface area contributed by atoms with Crippen molar-refractivity contribution >= 4 is 11.7 Å². The fourth-order valence-electron chi connectivity index (χ4n) is 1.48. The average molecular weight is 242 g/mol. The number of rotatable bonds is 4. The third-order valence-corrected chi connectivity index (χ3v) is 2.28. The standard InChI is InChI=1S/C12H16F2N2O/c1-3-4-8(2)15-12(17)16-11-6-5-9(13)7-10(11)14/h5-8H,3-4H2,1-2H3,(H2,15,16,17). The van der Waals surface area contributed by atoms with Crippen molar-refractivity contribution < 1.29 is 13.6 Å². The Bertz CT molecular complexity index is 396. The summed E-state index contributed by atoms with van der Waals surface area (Å²) in [5, 5.41) is 5.00. The lowest BCUT2D eigenvalue weighted by Crippen LogP contribution is -2.36. The molecular formula is C12H16F2N2O. The highest BCUT2D eigenvalue weighted by Gasteiger charge is 2.09. The molecule has 94 valence electrons. The van der Waals surface area contributed by atoms with E-state index in [0.717, 1.165) is 25.0 Å². The topological polar surface area (TPSA) is 41.1 Å². The monoisotopic (exact) mass is 242 g/mol. The summed E-state index contributed by atoms with van der Waals surface area (Å²) in [6.45, 7) is 3.87. The second-order valence-electron chi connectivity index (χ2n) is 3.91. The van der Waals surface area contributed by atoms with Crippen LogP contribution in [0.4, 0.5) is 19.3 Å². The molecule has 0 aliphatic rings. The van der Waals surface area contributed by atoms with Crippen LogP contribution in [0.2, 0.25) is 0 Å². The molecule has 1 atom stereocenters. The van der Waals surface area contributed by atoms with Gasteiger partial charge in [0.25, 0.3) is 0 Å². The zero-order valence-electron chi connectivity index (χ0n) is 9.89. The number of nitrogens with one attached hydrogen (secondary N) is 2. The van der Waals surface area contributed by atoms with E-state index in [0.29, 0.717) is 0 Å². The molecule has 0 saturated heterocycles. The van der Waals surface area contributed by atoms with E-state index in [-0.39, 0.29) is 11.7 Å². The van der Waals surface area contributed by atoms with Gasteiger partial charge in [-0.2, -0.15) is 0 Å². The first-order chi connectivity index (χ1) is 8.02. The van der Waals surface area contributed by atoms with Gasteiger partial charge in [-0.25, -0.2) is 13.6 Å². The molecule has 3 nitrogen and oxygen atoms in total. The Balaban J connectivity index is 2.56. The summed E-state index contributed by atoms with van der Waals surface area (Å²) in [5.41, 5.74) is -0.0346. The van der Waals surface area contributed by atoms with E-state index < -0.39 is 17.7 Å². The van der Waals surface area contributed by atoms with Gasteiger partial charge in [0, 0.05) is 12.1 Å². The van der Waals surface area contributed by atoms with Crippen LogP contribution in [0.25, 0.3) is 0 Å². The lowest BCUT2D eigenvalue weighted by molar-refractivity contribution is 0.248. The van der Waals surface area contributed by atoms with E-state index in [2.05, 4.69) is 10.6 Å². The van der Waals surface area contributed by atoms with Gasteiger partial charge in [0.05, 0.1) is 5.69 Å². The maximum atomic E-state index is 13.2. The highest BCUT2D eigenvalue weighted by molar-refractivity contribution is 5.89. The number of hydrogen-bond donors (Lipinski definition) is 2. The number of urea groups is 1. The first kappa shape index (κ1) is 13.4.